The molecule has 0 atom stereocenters. The summed E-state index contributed by atoms with van der Waals surface area (Å²) in [5.74, 6) is -0.301. The highest BCUT2D eigenvalue weighted by Crippen LogP contribution is 2.20. The van der Waals surface area contributed by atoms with E-state index >= 15 is 0 Å². The third-order valence-corrected chi connectivity index (χ3v) is 3.24. The molecule has 0 spiro atoms. The SMILES string of the molecule is CC(C)N(Cc1cncc(F)c1)c1ccc(CN)cc1. The summed E-state index contributed by atoms with van der Waals surface area (Å²) in [4.78, 5) is 6.10. The predicted molar refractivity (Wildman–Crippen MR) is 79.8 cm³/mol. The summed E-state index contributed by atoms with van der Waals surface area (Å²) >= 11 is 0. The lowest BCUT2D eigenvalue weighted by molar-refractivity contribution is 0.614. The first-order valence-corrected chi connectivity index (χ1v) is 6.75. The molecule has 2 rings (SSSR count). The lowest BCUT2D eigenvalue weighted by atomic mass is 10.1. The van der Waals surface area contributed by atoms with Crippen LogP contribution in [0.5, 0.6) is 0 Å². The summed E-state index contributed by atoms with van der Waals surface area (Å²) in [6, 6.07) is 9.98. The number of rotatable bonds is 5. The quantitative estimate of drug-likeness (QED) is 0.910. The molecule has 0 bridgehead atoms. The fourth-order valence-electron chi connectivity index (χ4n) is 2.13. The molecule has 0 unspecified atom stereocenters. The van der Waals surface area contributed by atoms with Crippen molar-refractivity contribution in [3.05, 3.63) is 59.7 Å². The molecule has 0 fully saturated rings. The first kappa shape index (κ1) is 14.5. The number of halogens is 1. The molecule has 1 aromatic heterocycles. The monoisotopic (exact) mass is 273 g/mol. The van der Waals surface area contributed by atoms with Gasteiger partial charge in [0.25, 0.3) is 0 Å². The van der Waals surface area contributed by atoms with Gasteiger partial charge in [-0.1, -0.05) is 12.1 Å². The van der Waals surface area contributed by atoms with Gasteiger partial charge >= 0.3 is 0 Å². The maximum absolute atomic E-state index is 13.2. The fourth-order valence-corrected chi connectivity index (χ4v) is 2.13. The van der Waals surface area contributed by atoms with E-state index in [9.17, 15) is 4.39 Å². The summed E-state index contributed by atoms with van der Waals surface area (Å²) in [5.41, 5.74) is 8.68. The summed E-state index contributed by atoms with van der Waals surface area (Å²) in [5, 5.41) is 0. The Bertz CT molecular complexity index is 552. The van der Waals surface area contributed by atoms with Gasteiger partial charge in [-0.15, -0.1) is 0 Å². The van der Waals surface area contributed by atoms with Gasteiger partial charge in [-0.25, -0.2) is 4.39 Å². The van der Waals surface area contributed by atoms with E-state index in [4.69, 9.17) is 5.73 Å². The van der Waals surface area contributed by atoms with Crippen LogP contribution in [0.2, 0.25) is 0 Å². The average molecular weight is 273 g/mol. The van der Waals surface area contributed by atoms with Crippen LogP contribution < -0.4 is 10.6 Å². The predicted octanol–water partition coefficient (Wildman–Crippen LogP) is 3.09. The third-order valence-electron chi connectivity index (χ3n) is 3.24. The van der Waals surface area contributed by atoms with Crippen LogP contribution in [0, 0.1) is 5.82 Å². The molecule has 0 saturated carbocycles. The third kappa shape index (κ3) is 3.54. The Kier molecular flexibility index (Phi) is 4.69. The van der Waals surface area contributed by atoms with Gasteiger partial charge in [0, 0.05) is 31.0 Å². The highest BCUT2D eigenvalue weighted by Gasteiger charge is 2.11. The number of pyridine rings is 1. The second-order valence-corrected chi connectivity index (χ2v) is 5.10. The van der Waals surface area contributed by atoms with Gasteiger partial charge in [-0.3, -0.25) is 4.98 Å². The molecular formula is C16H20FN3. The summed E-state index contributed by atoms with van der Waals surface area (Å²) < 4.78 is 13.2. The van der Waals surface area contributed by atoms with E-state index in [0.29, 0.717) is 19.1 Å². The van der Waals surface area contributed by atoms with E-state index in [2.05, 4.69) is 35.9 Å². The van der Waals surface area contributed by atoms with E-state index in [0.717, 1.165) is 16.8 Å². The first-order chi connectivity index (χ1) is 9.60. The van der Waals surface area contributed by atoms with Crippen LogP contribution in [0.1, 0.15) is 25.0 Å². The van der Waals surface area contributed by atoms with Gasteiger partial charge in [0.2, 0.25) is 0 Å². The molecule has 0 aliphatic rings. The van der Waals surface area contributed by atoms with E-state index < -0.39 is 0 Å². The van der Waals surface area contributed by atoms with Crippen molar-refractivity contribution >= 4 is 5.69 Å². The zero-order chi connectivity index (χ0) is 14.5. The standard InChI is InChI=1S/C16H20FN3/c1-12(2)20(11-14-7-15(17)10-19-9-14)16-5-3-13(8-18)4-6-16/h3-7,9-10,12H,8,11,18H2,1-2H3. The molecule has 3 nitrogen and oxygen atoms in total. The Morgan fingerprint density at radius 3 is 2.40 bits per heavy atom. The minimum atomic E-state index is -0.301. The molecule has 0 aliphatic carbocycles. The molecular weight excluding hydrogens is 253 g/mol. The molecule has 0 saturated heterocycles. The van der Waals surface area contributed by atoms with Gasteiger partial charge in [0.05, 0.1) is 6.20 Å². The molecule has 4 heteroatoms. The normalized spacial score (nSPS) is 10.8. The Hall–Kier alpha value is -1.94. The highest BCUT2D eigenvalue weighted by molar-refractivity contribution is 5.48. The van der Waals surface area contributed by atoms with Gasteiger partial charge in [0.15, 0.2) is 0 Å². The Labute approximate surface area is 119 Å². The lowest BCUT2D eigenvalue weighted by Gasteiger charge is -2.29. The van der Waals surface area contributed by atoms with Crippen LogP contribution in [-0.2, 0) is 13.1 Å². The Morgan fingerprint density at radius 2 is 1.85 bits per heavy atom. The molecule has 0 aliphatic heterocycles. The van der Waals surface area contributed by atoms with Crippen molar-refractivity contribution in [2.24, 2.45) is 5.73 Å². The second-order valence-electron chi connectivity index (χ2n) is 5.10. The van der Waals surface area contributed by atoms with Crippen molar-refractivity contribution in [3.63, 3.8) is 0 Å². The second kappa shape index (κ2) is 6.48. The number of hydrogen-bond donors (Lipinski definition) is 1. The highest BCUT2D eigenvalue weighted by atomic mass is 19.1. The van der Waals surface area contributed by atoms with Crippen molar-refractivity contribution in [1.82, 2.24) is 4.98 Å². The summed E-state index contributed by atoms with van der Waals surface area (Å²) in [7, 11) is 0. The van der Waals surface area contributed by atoms with Crippen LogP contribution in [0.3, 0.4) is 0 Å². The van der Waals surface area contributed by atoms with E-state index in [1.54, 1.807) is 6.20 Å². The maximum Gasteiger partial charge on any atom is 0.141 e. The average Bonchev–Trinajstić information content (AvgIpc) is 2.45. The van der Waals surface area contributed by atoms with E-state index in [1.165, 1.54) is 12.3 Å². The van der Waals surface area contributed by atoms with Crippen LogP contribution in [-0.4, -0.2) is 11.0 Å². The molecule has 1 heterocycles. The zero-order valence-corrected chi connectivity index (χ0v) is 11.9. The topological polar surface area (TPSA) is 42.2 Å². The van der Waals surface area contributed by atoms with Gasteiger partial charge in [-0.05, 0) is 43.2 Å². The molecule has 1 aromatic carbocycles. The minimum absolute atomic E-state index is 0.301. The summed E-state index contributed by atoms with van der Waals surface area (Å²) in [6.07, 6.45) is 2.92. The van der Waals surface area contributed by atoms with Crippen molar-refractivity contribution in [2.75, 3.05) is 4.90 Å². The number of nitrogens with zero attached hydrogens (tertiary/aromatic N) is 2. The Balaban J connectivity index is 2.22. The molecule has 106 valence electrons. The van der Waals surface area contributed by atoms with Gasteiger partial charge in [-0.2, -0.15) is 0 Å². The van der Waals surface area contributed by atoms with E-state index in [1.807, 2.05) is 12.1 Å². The van der Waals surface area contributed by atoms with Gasteiger partial charge in [0.1, 0.15) is 5.82 Å². The van der Waals surface area contributed by atoms with Crippen molar-refractivity contribution in [1.29, 1.82) is 0 Å². The number of benzene rings is 1. The van der Waals surface area contributed by atoms with Crippen LogP contribution in [0.25, 0.3) is 0 Å². The summed E-state index contributed by atoms with van der Waals surface area (Å²) in [6.45, 7) is 5.40. The lowest BCUT2D eigenvalue weighted by Crippen LogP contribution is -2.30. The van der Waals surface area contributed by atoms with Crippen LogP contribution in [0.4, 0.5) is 10.1 Å². The maximum atomic E-state index is 13.2. The smallest absolute Gasteiger partial charge is 0.141 e. The van der Waals surface area contributed by atoms with Crippen molar-refractivity contribution in [3.8, 4) is 0 Å². The van der Waals surface area contributed by atoms with Gasteiger partial charge < -0.3 is 10.6 Å². The molecule has 2 N–H and O–H groups in total. The van der Waals surface area contributed by atoms with Crippen molar-refractivity contribution < 1.29 is 4.39 Å². The van der Waals surface area contributed by atoms with E-state index in [-0.39, 0.29) is 5.82 Å². The zero-order valence-electron chi connectivity index (χ0n) is 11.9. The van der Waals surface area contributed by atoms with Crippen LogP contribution >= 0.6 is 0 Å². The number of anilines is 1. The minimum Gasteiger partial charge on any atom is -0.365 e. The molecule has 20 heavy (non-hydrogen) atoms. The molecule has 2 aromatic rings. The Morgan fingerprint density at radius 1 is 1.15 bits per heavy atom. The molecule has 0 amide bonds. The molecule has 0 radical (unpaired) electrons. The number of nitrogens with two attached hydrogens (primary N) is 1. The number of aromatic nitrogens is 1. The number of hydrogen-bond acceptors (Lipinski definition) is 3. The largest absolute Gasteiger partial charge is 0.365 e. The van der Waals surface area contributed by atoms with Crippen molar-refractivity contribution in [2.45, 2.75) is 33.0 Å². The van der Waals surface area contributed by atoms with Crippen LogP contribution in [0.15, 0.2) is 42.7 Å². The first-order valence-electron chi connectivity index (χ1n) is 6.75. The fraction of sp³-hybridized carbons (Fsp3) is 0.312.